The third-order valence-electron chi connectivity index (χ3n) is 2.14. The van der Waals surface area contributed by atoms with Crippen LogP contribution in [-0.2, 0) is 13.1 Å². The van der Waals surface area contributed by atoms with Gasteiger partial charge in [0.2, 0.25) is 0 Å². The lowest BCUT2D eigenvalue weighted by molar-refractivity contribution is 0.292. The van der Waals surface area contributed by atoms with Crippen LogP contribution < -0.4 is 5.32 Å². The molecule has 0 radical (unpaired) electrons. The van der Waals surface area contributed by atoms with Gasteiger partial charge in [0.25, 0.3) is 0 Å². The Morgan fingerprint density at radius 2 is 1.73 bits per heavy atom. The first-order valence-electron chi connectivity index (χ1n) is 5.26. The zero-order valence-corrected chi connectivity index (χ0v) is 9.53. The predicted octanol–water partition coefficient (Wildman–Crippen LogP) is 0.830. The van der Waals surface area contributed by atoms with Gasteiger partial charge < -0.3 is 15.3 Å². The highest BCUT2D eigenvalue weighted by molar-refractivity contribution is 5.22. The van der Waals surface area contributed by atoms with E-state index in [2.05, 4.69) is 48.6 Å². The van der Waals surface area contributed by atoms with Gasteiger partial charge in [-0.2, -0.15) is 0 Å². The maximum atomic E-state index is 8.62. The molecule has 0 saturated heterocycles. The molecule has 0 saturated carbocycles. The maximum absolute atomic E-state index is 8.62. The number of rotatable bonds is 6. The summed E-state index contributed by atoms with van der Waals surface area (Å²) in [6.07, 6.45) is 0. The predicted molar refractivity (Wildman–Crippen MR) is 62.6 cm³/mol. The number of nitrogens with zero attached hydrogens (tertiary/aromatic N) is 1. The Morgan fingerprint density at radius 3 is 2.27 bits per heavy atom. The second kappa shape index (κ2) is 6.56. The van der Waals surface area contributed by atoms with Crippen molar-refractivity contribution in [3.8, 4) is 0 Å². The molecule has 0 aromatic heterocycles. The van der Waals surface area contributed by atoms with Crippen LogP contribution in [0.25, 0.3) is 0 Å². The van der Waals surface area contributed by atoms with Crippen molar-refractivity contribution in [1.29, 1.82) is 0 Å². The van der Waals surface area contributed by atoms with Crippen molar-refractivity contribution < 1.29 is 5.11 Å². The summed E-state index contributed by atoms with van der Waals surface area (Å²) in [5.74, 6) is 0. The van der Waals surface area contributed by atoms with Crippen LogP contribution in [0.3, 0.4) is 0 Å². The van der Waals surface area contributed by atoms with E-state index >= 15 is 0 Å². The summed E-state index contributed by atoms with van der Waals surface area (Å²) in [6, 6.07) is 8.55. The molecule has 1 aromatic carbocycles. The van der Waals surface area contributed by atoms with Gasteiger partial charge in [0, 0.05) is 19.6 Å². The van der Waals surface area contributed by atoms with Crippen LogP contribution in [0.4, 0.5) is 0 Å². The Morgan fingerprint density at radius 1 is 1.13 bits per heavy atom. The molecule has 0 heterocycles. The van der Waals surface area contributed by atoms with Gasteiger partial charge in [-0.25, -0.2) is 0 Å². The van der Waals surface area contributed by atoms with Gasteiger partial charge in [0.05, 0.1) is 6.61 Å². The number of aliphatic hydroxyl groups excluding tert-OH is 1. The topological polar surface area (TPSA) is 35.5 Å². The van der Waals surface area contributed by atoms with Gasteiger partial charge in [0.1, 0.15) is 0 Å². The quantitative estimate of drug-likeness (QED) is 0.680. The summed E-state index contributed by atoms with van der Waals surface area (Å²) in [5, 5.41) is 11.8. The molecule has 84 valence electrons. The highest BCUT2D eigenvalue weighted by Gasteiger charge is 1.96. The fourth-order valence-corrected chi connectivity index (χ4v) is 1.44. The van der Waals surface area contributed by atoms with E-state index in [4.69, 9.17) is 5.11 Å². The highest BCUT2D eigenvalue weighted by atomic mass is 16.3. The summed E-state index contributed by atoms with van der Waals surface area (Å²) in [4.78, 5) is 2.15. The minimum Gasteiger partial charge on any atom is -0.395 e. The molecule has 1 aromatic rings. The summed E-state index contributed by atoms with van der Waals surface area (Å²) >= 11 is 0. The fraction of sp³-hybridized carbons (Fsp3) is 0.500. The molecule has 1 rings (SSSR count). The zero-order chi connectivity index (χ0) is 11.1. The molecule has 0 aliphatic heterocycles. The average Bonchev–Trinajstić information content (AvgIpc) is 2.20. The van der Waals surface area contributed by atoms with Gasteiger partial charge in [-0.3, -0.25) is 0 Å². The van der Waals surface area contributed by atoms with Crippen LogP contribution in [0.1, 0.15) is 11.1 Å². The average molecular weight is 208 g/mol. The Hall–Kier alpha value is -0.900. The summed E-state index contributed by atoms with van der Waals surface area (Å²) in [7, 11) is 4.13. The van der Waals surface area contributed by atoms with E-state index in [0.717, 1.165) is 13.1 Å². The number of nitrogens with one attached hydrogen (secondary N) is 1. The van der Waals surface area contributed by atoms with Crippen LogP contribution in [0.15, 0.2) is 24.3 Å². The summed E-state index contributed by atoms with van der Waals surface area (Å²) in [5.41, 5.74) is 2.58. The lowest BCUT2D eigenvalue weighted by atomic mass is 10.1. The second-order valence-corrected chi connectivity index (χ2v) is 3.95. The van der Waals surface area contributed by atoms with Gasteiger partial charge in [-0.05, 0) is 25.2 Å². The standard InChI is InChI=1S/C12H20N2O/c1-14(2)10-12-5-3-11(4-6-12)9-13-7-8-15/h3-6,13,15H,7-10H2,1-2H3. The van der Waals surface area contributed by atoms with Crippen molar-refractivity contribution in [3.05, 3.63) is 35.4 Å². The first-order valence-corrected chi connectivity index (χ1v) is 5.26. The summed E-state index contributed by atoms with van der Waals surface area (Å²) in [6.45, 7) is 2.64. The molecule has 3 heteroatoms. The van der Waals surface area contributed by atoms with Gasteiger partial charge in [-0.15, -0.1) is 0 Å². The van der Waals surface area contributed by atoms with Crippen molar-refractivity contribution in [2.45, 2.75) is 13.1 Å². The van der Waals surface area contributed by atoms with E-state index in [1.165, 1.54) is 11.1 Å². The Bertz CT molecular complexity index is 269. The van der Waals surface area contributed by atoms with E-state index in [1.807, 2.05) is 0 Å². The van der Waals surface area contributed by atoms with E-state index < -0.39 is 0 Å². The number of aliphatic hydroxyl groups is 1. The lowest BCUT2D eigenvalue weighted by Crippen LogP contribution is -2.17. The van der Waals surface area contributed by atoms with Crippen LogP contribution in [0.2, 0.25) is 0 Å². The number of benzene rings is 1. The van der Waals surface area contributed by atoms with Gasteiger partial charge >= 0.3 is 0 Å². The molecule has 0 spiro atoms. The van der Waals surface area contributed by atoms with Crippen molar-refractivity contribution >= 4 is 0 Å². The fourth-order valence-electron chi connectivity index (χ4n) is 1.44. The molecule has 0 atom stereocenters. The Balaban J connectivity index is 2.42. The van der Waals surface area contributed by atoms with Gasteiger partial charge in [0.15, 0.2) is 0 Å². The minimum atomic E-state index is 0.193. The van der Waals surface area contributed by atoms with Gasteiger partial charge in [-0.1, -0.05) is 24.3 Å². The zero-order valence-electron chi connectivity index (χ0n) is 9.53. The van der Waals surface area contributed by atoms with Crippen LogP contribution >= 0.6 is 0 Å². The molecule has 2 N–H and O–H groups in total. The third kappa shape index (κ3) is 4.93. The van der Waals surface area contributed by atoms with Crippen molar-refractivity contribution in [2.24, 2.45) is 0 Å². The molecule has 3 nitrogen and oxygen atoms in total. The molecule has 15 heavy (non-hydrogen) atoms. The van der Waals surface area contributed by atoms with Crippen molar-refractivity contribution in [3.63, 3.8) is 0 Å². The minimum absolute atomic E-state index is 0.193. The SMILES string of the molecule is CN(C)Cc1ccc(CNCCO)cc1. The van der Waals surface area contributed by atoms with E-state index in [-0.39, 0.29) is 6.61 Å². The highest BCUT2D eigenvalue weighted by Crippen LogP contribution is 2.05. The second-order valence-electron chi connectivity index (χ2n) is 3.95. The molecular weight excluding hydrogens is 188 g/mol. The molecule has 0 aliphatic carbocycles. The molecule has 0 unspecified atom stereocenters. The largest absolute Gasteiger partial charge is 0.395 e. The first-order chi connectivity index (χ1) is 7.22. The van der Waals surface area contributed by atoms with Crippen molar-refractivity contribution in [2.75, 3.05) is 27.2 Å². The first kappa shape index (κ1) is 12.2. The van der Waals surface area contributed by atoms with Crippen LogP contribution in [0, 0.1) is 0 Å². The Labute approximate surface area is 91.7 Å². The van der Waals surface area contributed by atoms with Crippen molar-refractivity contribution in [1.82, 2.24) is 10.2 Å². The smallest absolute Gasteiger partial charge is 0.0556 e. The normalized spacial score (nSPS) is 10.9. The lowest BCUT2D eigenvalue weighted by Gasteiger charge is -2.10. The molecular formula is C12H20N2O. The van der Waals surface area contributed by atoms with Crippen LogP contribution in [-0.4, -0.2) is 37.3 Å². The number of hydrogen-bond acceptors (Lipinski definition) is 3. The maximum Gasteiger partial charge on any atom is 0.0556 e. The molecule has 0 amide bonds. The molecule has 0 fully saturated rings. The Kier molecular flexibility index (Phi) is 5.32. The third-order valence-corrected chi connectivity index (χ3v) is 2.14. The summed E-state index contributed by atoms with van der Waals surface area (Å²) < 4.78 is 0. The van der Waals surface area contributed by atoms with E-state index in [1.54, 1.807) is 0 Å². The van der Waals surface area contributed by atoms with E-state index in [9.17, 15) is 0 Å². The molecule has 0 aliphatic rings. The monoisotopic (exact) mass is 208 g/mol. The van der Waals surface area contributed by atoms with E-state index in [0.29, 0.717) is 6.54 Å². The van der Waals surface area contributed by atoms with Crippen LogP contribution in [0.5, 0.6) is 0 Å². The number of hydrogen-bond donors (Lipinski definition) is 2. The molecule has 0 bridgehead atoms.